The number of carbonyl (C=O) groups excluding carboxylic acids is 2. The highest BCUT2D eigenvalue weighted by molar-refractivity contribution is 7.14. The summed E-state index contributed by atoms with van der Waals surface area (Å²) in [6, 6.07) is 9.37. The van der Waals surface area contributed by atoms with E-state index in [4.69, 9.17) is 11.6 Å². The van der Waals surface area contributed by atoms with Crippen LogP contribution in [0.1, 0.15) is 16.3 Å². The van der Waals surface area contributed by atoms with Gasteiger partial charge < -0.3 is 9.80 Å². The average Bonchev–Trinajstić information content (AvgIpc) is 3.21. The van der Waals surface area contributed by atoms with Crippen molar-refractivity contribution in [1.29, 1.82) is 0 Å². The van der Waals surface area contributed by atoms with E-state index in [9.17, 15) is 9.59 Å². The van der Waals surface area contributed by atoms with Gasteiger partial charge in [-0.05, 0) is 18.2 Å². The topological polar surface area (TPSA) is 91.3 Å². The summed E-state index contributed by atoms with van der Waals surface area (Å²) in [5.41, 5.74) is 1.62. The number of aromatic nitrogens is 3. The van der Waals surface area contributed by atoms with Gasteiger partial charge in [-0.3, -0.25) is 14.9 Å². The molecule has 1 fully saturated rings. The number of hydrogen-bond donors (Lipinski definition) is 1. The molecular weight excluding hydrogens is 424 g/mol. The van der Waals surface area contributed by atoms with E-state index >= 15 is 0 Å². The molecule has 1 saturated heterocycles. The normalized spacial score (nSPS) is 13.9. The van der Waals surface area contributed by atoms with Crippen molar-refractivity contribution < 1.29 is 9.59 Å². The van der Waals surface area contributed by atoms with Crippen molar-refractivity contribution in [3.8, 4) is 0 Å². The Morgan fingerprint density at radius 3 is 2.53 bits per heavy atom. The van der Waals surface area contributed by atoms with Crippen LogP contribution in [-0.4, -0.2) is 57.8 Å². The van der Waals surface area contributed by atoms with Gasteiger partial charge in [0.1, 0.15) is 0 Å². The first-order valence-electron chi connectivity index (χ1n) is 9.40. The molecule has 3 aromatic rings. The summed E-state index contributed by atoms with van der Waals surface area (Å²) in [6.45, 7) is 2.71. The van der Waals surface area contributed by atoms with Crippen LogP contribution in [0, 0.1) is 0 Å². The number of nitrogens with zero attached hydrogens (tertiary/aromatic N) is 5. The molecule has 30 heavy (non-hydrogen) atoms. The monoisotopic (exact) mass is 442 g/mol. The first-order chi connectivity index (χ1) is 14.6. The van der Waals surface area contributed by atoms with Gasteiger partial charge in [0.25, 0.3) is 5.91 Å². The summed E-state index contributed by atoms with van der Waals surface area (Å²) in [5, 5.41) is 5.57. The van der Waals surface area contributed by atoms with Crippen molar-refractivity contribution in [2.45, 2.75) is 6.42 Å². The lowest BCUT2D eigenvalue weighted by Crippen LogP contribution is -2.49. The number of nitrogens with one attached hydrogen (secondary N) is 1. The molecule has 1 aliphatic heterocycles. The molecule has 0 atom stereocenters. The van der Waals surface area contributed by atoms with E-state index in [0.29, 0.717) is 23.9 Å². The molecule has 0 radical (unpaired) electrons. The molecule has 2 aromatic heterocycles. The Morgan fingerprint density at radius 1 is 1.07 bits per heavy atom. The fraction of sp³-hybridized carbons (Fsp3) is 0.250. The molecule has 3 heterocycles. The number of anilines is 2. The van der Waals surface area contributed by atoms with Gasteiger partial charge in [0.2, 0.25) is 11.7 Å². The first-order valence-corrected chi connectivity index (χ1v) is 10.7. The number of para-hydroxylation sites is 1. The van der Waals surface area contributed by atoms with Gasteiger partial charge in [0.15, 0.2) is 5.13 Å². The van der Waals surface area contributed by atoms with Crippen LogP contribution < -0.4 is 10.2 Å². The van der Waals surface area contributed by atoms with Gasteiger partial charge in [-0.2, -0.15) is 0 Å². The zero-order valence-corrected chi connectivity index (χ0v) is 17.6. The number of amides is 2. The van der Waals surface area contributed by atoms with E-state index < -0.39 is 5.91 Å². The molecule has 0 aliphatic carbocycles. The average molecular weight is 443 g/mol. The van der Waals surface area contributed by atoms with Crippen LogP contribution in [0.4, 0.5) is 10.8 Å². The molecule has 1 aromatic carbocycles. The van der Waals surface area contributed by atoms with Crippen molar-refractivity contribution in [2.24, 2.45) is 0 Å². The third-order valence-corrected chi connectivity index (χ3v) is 5.83. The number of thiazole rings is 1. The Morgan fingerprint density at radius 2 is 1.80 bits per heavy atom. The predicted octanol–water partition coefficient (Wildman–Crippen LogP) is 2.73. The summed E-state index contributed by atoms with van der Waals surface area (Å²) in [7, 11) is 0. The largest absolute Gasteiger partial charge is 0.367 e. The molecule has 0 spiro atoms. The van der Waals surface area contributed by atoms with Crippen molar-refractivity contribution in [3.63, 3.8) is 0 Å². The minimum Gasteiger partial charge on any atom is -0.367 e. The van der Waals surface area contributed by atoms with Crippen LogP contribution in [0.5, 0.6) is 0 Å². The molecule has 8 nitrogen and oxygen atoms in total. The third-order valence-electron chi connectivity index (χ3n) is 4.70. The van der Waals surface area contributed by atoms with Crippen LogP contribution >= 0.6 is 22.9 Å². The fourth-order valence-corrected chi connectivity index (χ4v) is 4.15. The van der Waals surface area contributed by atoms with Crippen LogP contribution in [-0.2, 0) is 11.2 Å². The number of halogens is 1. The SMILES string of the molecule is O=C(Nc1nc(CC(=O)N2CCN(c3ccccc3Cl)CC2)cs1)c1ncccn1. The Bertz CT molecular complexity index is 1040. The summed E-state index contributed by atoms with van der Waals surface area (Å²) in [6.07, 6.45) is 3.19. The Hall–Kier alpha value is -3.04. The van der Waals surface area contributed by atoms with Gasteiger partial charge in [-0.15, -0.1) is 11.3 Å². The molecule has 0 bridgehead atoms. The second-order valence-electron chi connectivity index (χ2n) is 6.67. The maximum Gasteiger partial charge on any atom is 0.295 e. The highest BCUT2D eigenvalue weighted by Crippen LogP contribution is 2.26. The molecule has 154 valence electrons. The summed E-state index contributed by atoms with van der Waals surface area (Å²) < 4.78 is 0. The summed E-state index contributed by atoms with van der Waals surface area (Å²) in [5.74, 6) is -0.344. The van der Waals surface area contributed by atoms with Crippen LogP contribution in [0.15, 0.2) is 48.1 Å². The lowest BCUT2D eigenvalue weighted by molar-refractivity contribution is -0.130. The second kappa shape index (κ2) is 9.19. The fourth-order valence-electron chi connectivity index (χ4n) is 3.19. The predicted molar refractivity (Wildman–Crippen MR) is 116 cm³/mol. The van der Waals surface area contributed by atoms with Crippen molar-refractivity contribution in [1.82, 2.24) is 19.9 Å². The molecule has 0 saturated carbocycles. The van der Waals surface area contributed by atoms with E-state index in [1.807, 2.05) is 29.2 Å². The van der Waals surface area contributed by atoms with Gasteiger partial charge in [0, 0.05) is 44.0 Å². The molecule has 0 unspecified atom stereocenters. The van der Waals surface area contributed by atoms with Crippen LogP contribution in [0.25, 0.3) is 0 Å². The molecule has 1 aliphatic rings. The summed E-state index contributed by atoms with van der Waals surface area (Å²) in [4.78, 5) is 41.0. The van der Waals surface area contributed by atoms with Crippen LogP contribution in [0.3, 0.4) is 0 Å². The molecule has 4 rings (SSSR count). The zero-order chi connectivity index (χ0) is 20.9. The highest BCUT2D eigenvalue weighted by atomic mass is 35.5. The molecular formula is C20H19ClN6O2S. The van der Waals surface area contributed by atoms with Gasteiger partial charge >= 0.3 is 0 Å². The Labute approximate surface area is 182 Å². The number of hydrogen-bond acceptors (Lipinski definition) is 7. The van der Waals surface area contributed by atoms with E-state index in [2.05, 4.69) is 25.2 Å². The highest BCUT2D eigenvalue weighted by Gasteiger charge is 2.23. The van der Waals surface area contributed by atoms with E-state index in [1.165, 1.54) is 23.7 Å². The van der Waals surface area contributed by atoms with Crippen molar-refractivity contribution >= 4 is 45.6 Å². The summed E-state index contributed by atoms with van der Waals surface area (Å²) >= 11 is 7.54. The smallest absolute Gasteiger partial charge is 0.295 e. The third kappa shape index (κ3) is 4.74. The quantitative estimate of drug-likeness (QED) is 0.653. The van der Waals surface area contributed by atoms with Crippen molar-refractivity contribution in [2.75, 3.05) is 36.4 Å². The molecule has 1 N–H and O–H groups in total. The van der Waals surface area contributed by atoms with Gasteiger partial charge in [0.05, 0.1) is 22.8 Å². The number of rotatable bonds is 5. The van der Waals surface area contributed by atoms with E-state index in [1.54, 1.807) is 11.4 Å². The Kier molecular flexibility index (Phi) is 6.20. The lowest BCUT2D eigenvalue weighted by Gasteiger charge is -2.36. The van der Waals surface area contributed by atoms with E-state index in [-0.39, 0.29) is 18.2 Å². The maximum atomic E-state index is 12.7. The lowest BCUT2D eigenvalue weighted by atomic mass is 10.2. The van der Waals surface area contributed by atoms with Gasteiger partial charge in [-0.1, -0.05) is 23.7 Å². The standard InChI is InChI=1S/C20H19ClN6O2S/c21-15-4-1-2-5-16(15)26-8-10-27(11-9-26)17(28)12-14-13-30-20(24-14)25-19(29)18-22-6-3-7-23-18/h1-7,13H,8-12H2,(H,24,25,29). The second-order valence-corrected chi connectivity index (χ2v) is 7.93. The van der Waals surface area contributed by atoms with Crippen LogP contribution in [0.2, 0.25) is 5.02 Å². The molecule has 2 amide bonds. The van der Waals surface area contributed by atoms with E-state index in [0.717, 1.165) is 23.8 Å². The van der Waals surface area contributed by atoms with Gasteiger partial charge in [-0.25, -0.2) is 15.0 Å². The molecule has 10 heteroatoms. The minimum atomic E-state index is -0.432. The first kappa shape index (κ1) is 20.2. The number of piperazine rings is 1. The maximum absolute atomic E-state index is 12.7. The van der Waals surface area contributed by atoms with Crippen molar-refractivity contribution in [3.05, 3.63) is 64.6 Å². The minimum absolute atomic E-state index is 0.0170. The Balaban J connectivity index is 1.30. The number of carbonyl (C=O) groups is 2. The number of benzene rings is 1. The zero-order valence-electron chi connectivity index (χ0n) is 16.0.